The number of benzene rings is 1. The topological polar surface area (TPSA) is 75.4 Å². The van der Waals surface area contributed by atoms with Crippen LogP contribution in [0.3, 0.4) is 0 Å². The van der Waals surface area contributed by atoms with Crippen molar-refractivity contribution >= 4 is 40.6 Å². The van der Waals surface area contributed by atoms with Crippen LogP contribution < -0.4 is 11.1 Å². The molecular formula is C20H26ClN3O2S. The van der Waals surface area contributed by atoms with Crippen molar-refractivity contribution in [2.75, 3.05) is 18.4 Å². The van der Waals surface area contributed by atoms with Crippen LogP contribution in [0.4, 0.5) is 5.00 Å². The summed E-state index contributed by atoms with van der Waals surface area (Å²) in [6.07, 6.45) is 1.64. The van der Waals surface area contributed by atoms with Crippen LogP contribution in [-0.4, -0.2) is 35.8 Å². The summed E-state index contributed by atoms with van der Waals surface area (Å²) in [6, 6.07) is 9.54. The minimum atomic E-state index is -0.197. The van der Waals surface area contributed by atoms with Gasteiger partial charge in [0.2, 0.25) is 0 Å². The van der Waals surface area contributed by atoms with E-state index in [1.54, 1.807) is 6.07 Å². The fourth-order valence-corrected chi connectivity index (χ4v) is 3.82. The number of nitrogens with two attached hydrogens (primary N) is 1. The van der Waals surface area contributed by atoms with Crippen LogP contribution in [-0.2, 0) is 0 Å². The molecule has 0 radical (unpaired) electrons. The van der Waals surface area contributed by atoms with E-state index in [9.17, 15) is 9.59 Å². The van der Waals surface area contributed by atoms with E-state index >= 15 is 0 Å². The van der Waals surface area contributed by atoms with Crippen LogP contribution in [0.2, 0.25) is 0 Å². The molecule has 0 spiro atoms. The number of carbonyl (C=O) groups excluding carboxylic acids is 2. The summed E-state index contributed by atoms with van der Waals surface area (Å²) in [7, 11) is 0. The highest BCUT2D eigenvalue weighted by atomic mass is 35.5. The molecule has 1 aliphatic heterocycles. The smallest absolute Gasteiger partial charge is 0.256 e. The summed E-state index contributed by atoms with van der Waals surface area (Å²) in [5.41, 5.74) is 8.25. The summed E-state index contributed by atoms with van der Waals surface area (Å²) in [4.78, 5) is 27.1. The van der Waals surface area contributed by atoms with Gasteiger partial charge < -0.3 is 16.0 Å². The van der Waals surface area contributed by atoms with Gasteiger partial charge in [0, 0.05) is 24.7 Å². The van der Waals surface area contributed by atoms with Crippen molar-refractivity contribution in [1.29, 1.82) is 0 Å². The van der Waals surface area contributed by atoms with Gasteiger partial charge in [-0.3, -0.25) is 9.59 Å². The largest absolute Gasteiger partial charge is 0.338 e. The predicted octanol–water partition coefficient (Wildman–Crippen LogP) is 4.11. The minimum Gasteiger partial charge on any atom is -0.338 e. The number of hydrogen-bond acceptors (Lipinski definition) is 4. The van der Waals surface area contributed by atoms with E-state index in [1.807, 2.05) is 34.5 Å². The lowest BCUT2D eigenvalue weighted by molar-refractivity contribution is 0.0716. The molecule has 7 heteroatoms. The molecule has 0 saturated carbocycles. The lowest BCUT2D eigenvalue weighted by Gasteiger charge is -2.30. The third-order valence-electron chi connectivity index (χ3n) is 4.79. The quantitative estimate of drug-likeness (QED) is 0.800. The molecule has 3 rings (SSSR count). The van der Waals surface area contributed by atoms with Crippen LogP contribution in [0.25, 0.3) is 0 Å². The Hall–Kier alpha value is -1.89. The monoisotopic (exact) mass is 407 g/mol. The zero-order chi connectivity index (χ0) is 18.7. The first-order valence-electron chi connectivity index (χ1n) is 8.99. The Labute approximate surface area is 170 Å². The first-order chi connectivity index (χ1) is 12.5. The lowest BCUT2D eigenvalue weighted by atomic mass is 10.0. The van der Waals surface area contributed by atoms with Gasteiger partial charge in [0.25, 0.3) is 11.8 Å². The summed E-state index contributed by atoms with van der Waals surface area (Å²) in [5, 5.41) is 5.33. The number of piperidine rings is 1. The van der Waals surface area contributed by atoms with E-state index in [4.69, 9.17) is 5.73 Å². The Morgan fingerprint density at radius 2 is 1.78 bits per heavy atom. The van der Waals surface area contributed by atoms with Gasteiger partial charge in [0.1, 0.15) is 5.00 Å². The molecule has 0 unspecified atom stereocenters. The van der Waals surface area contributed by atoms with Crippen molar-refractivity contribution in [3.8, 4) is 0 Å². The van der Waals surface area contributed by atoms with Crippen molar-refractivity contribution in [1.82, 2.24) is 4.90 Å². The third-order valence-corrected chi connectivity index (χ3v) is 5.62. The first-order valence-corrected chi connectivity index (χ1v) is 9.87. The highest BCUT2D eigenvalue weighted by molar-refractivity contribution is 7.14. The van der Waals surface area contributed by atoms with Crippen LogP contribution in [0.15, 0.2) is 35.7 Å². The Kier molecular flexibility index (Phi) is 7.41. The van der Waals surface area contributed by atoms with Gasteiger partial charge in [0.15, 0.2) is 0 Å². The van der Waals surface area contributed by atoms with Crippen molar-refractivity contribution in [3.05, 3.63) is 52.4 Å². The third kappa shape index (κ3) is 5.09. The molecule has 2 aromatic rings. The number of halogens is 1. The van der Waals surface area contributed by atoms with Gasteiger partial charge in [0.05, 0.1) is 5.56 Å². The average Bonchev–Trinajstić information content (AvgIpc) is 3.10. The number of thiophene rings is 1. The maximum Gasteiger partial charge on any atom is 0.256 e. The number of anilines is 1. The molecule has 1 saturated heterocycles. The Balaban J connectivity index is 0.00000261. The van der Waals surface area contributed by atoms with Gasteiger partial charge in [-0.15, -0.1) is 23.7 Å². The summed E-state index contributed by atoms with van der Waals surface area (Å²) in [5.74, 6) is 0.187. The van der Waals surface area contributed by atoms with Crippen LogP contribution >= 0.6 is 23.7 Å². The second-order valence-corrected chi connectivity index (χ2v) is 7.94. The van der Waals surface area contributed by atoms with Gasteiger partial charge >= 0.3 is 0 Å². The molecule has 1 aliphatic rings. The SMILES string of the molecule is CC(C)c1ccc(C(=O)Nc2sccc2C(=O)N2CCC(N)CC2)cc1.Cl. The van der Waals surface area contributed by atoms with E-state index in [0.717, 1.165) is 12.8 Å². The molecule has 2 amide bonds. The number of amides is 2. The summed E-state index contributed by atoms with van der Waals surface area (Å²) < 4.78 is 0. The van der Waals surface area contributed by atoms with Crippen molar-refractivity contribution in [2.45, 2.75) is 38.6 Å². The fourth-order valence-electron chi connectivity index (χ4n) is 3.04. The second-order valence-electron chi connectivity index (χ2n) is 7.02. The first kappa shape index (κ1) is 21.4. The minimum absolute atomic E-state index is 0. The summed E-state index contributed by atoms with van der Waals surface area (Å²) in [6.45, 7) is 5.57. The molecule has 0 aliphatic carbocycles. The molecule has 27 heavy (non-hydrogen) atoms. The molecular weight excluding hydrogens is 382 g/mol. The zero-order valence-corrected chi connectivity index (χ0v) is 17.2. The van der Waals surface area contributed by atoms with E-state index in [-0.39, 0.29) is 30.3 Å². The predicted molar refractivity (Wildman–Crippen MR) is 113 cm³/mol. The average molecular weight is 408 g/mol. The Morgan fingerprint density at radius 1 is 1.15 bits per heavy atom. The van der Waals surface area contributed by atoms with Gasteiger partial charge in [-0.05, 0) is 47.9 Å². The standard InChI is InChI=1S/C20H25N3O2S.ClH/c1-13(2)14-3-5-15(6-4-14)18(24)22-19-17(9-12-26-19)20(25)23-10-7-16(21)8-11-23;/h3-6,9,12-13,16H,7-8,10-11,21H2,1-2H3,(H,22,24);1H. The molecule has 1 fully saturated rings. The van der Waals surface area contributed by atoms with Gasteiger partial charge in [-0.25, -0.2) is 0 Å². The molecule has 2 heterocycles. The van der Waals surface area contributed by atoms with Crippen LogP contribution in [0.5, 0.6) is 0 Å². The summed E-state index contributed by atoms with van der Waals surface area (Å²) >= 11 is 1.37. The van der Waals surface area contributed by atoms with Gasteiger partial charge in [-0.2, -0.15) is 0 Å². The van der Waals surface area contributed by atoms with E-state index in [2.05, 4.69) is 19.2 Å². The lowest BCUT2D eigenvalue weighted by Crippen LogP contribution is -2.42. The van der Waals surface area contributed by atoms with Gasteiger partial charge in [-0.1, -0.05) is 26.0 Å². The van der Waals surface area contributed by atoms with Crippen molar-refractivity contribution in [3.63, 3.8) is 0 Å². The normalized spacial score (nSPS) is 14.7. The van der Waals surface area contributed by atoms with Crippen molar-refractivity contribution < 1.29 is 9.59 Å². The molecule has 0 atom stereocenters. The fraction of sp³-hybridized carbons (Fsp3) is 0.400. The van der Waals surface area contributed by atoms with E-state index < -0.39 is 0 Å². The second kappa shape index (κ2) is 9.35. The molecule has 3 N–H and O–H groups in total. The molecule has 1 aromatic carbocycles. The molecule has 5 nitrogen and oxygen atoms in total. The molecule has 1 aromatic heterocycles. The maximum absolute atomic E-state index is 12.8. The highest BCUT2D eigenvalue weighted by Gasteiger charge is 2.24. The van der Waals surface area contributed by atoms with Crippen LogP contribution in [0.1, 0.15) is 58.9 Å². The Bertz CT molecular complexity index is 781. The number of nitrogens with zero attached hydrogens (tertiary/aromatic N) is 1. The molecule has 0 bridgehead atoms. The number of nitrogens with one attached hydrogen (secondary N) is 1. The number of likely N-dealkylation sites (tertiary alicyclic amines) is 1. The number of rotatable bonds is 4. The number of hydrogen-bond donors (Lipinski definition) is 2. The maximum atomic E-state index is 12.8. The highest BCUT2D eigenvalue weighted by Crippen LogP contribution is 2.26. The number of carbonyl (C=O) groups is 2. The zero-order valence-electron chi connectivity index (χ0n) is 15.6. The van der Waals surface area contributed by atoms with Crippen LogP contribution in [0, 0.1) is 0 Å². The Morgan fingerprint density at radius 3 is 2.37 bits per heavy atom. The van der Waals surface area contributed by atoms with Crippen molar-refractivity contribution in [2.24, 2.45) is 5.73 Å². The van der Waals surface area contributed by atoms with E-state index in [1.165, 1.54) is 16.9 Å². The molecule has 146 valence electrons. The van der Waals surface area contributed by atoms with E-state index in [0.29, 0.717) is 35.1 Å².